The highest BCUT2D eigenvalue weighted by molar-refractivity contribution is 7.80. The summed E-state index contributed by atoms with van der Waals surface area (Å²) in [7, 11) is -0.800. The van der Waals surface area contributed by atoms with Gasteiger partial charge in [-0.25, -0.2) is 4.79 Å². The molecule has 0 aliphatic rings. The maximum Gasteiger partial charge on any atom is 0.334 e. The molecule has 40 heavy (non-hydrogen) atoms. The summed E-state index contributed by atoms with van der Waals surface area (Å²) in [4.78, 5) is 13.1. The summed E-state index contributed by atoms with van der Waals surface area (Å²) in [5, 5.41) is 3.92. The van der Waals surface area contributed by atoms with Crippen molar-refractivity contribution in [1.82, 2.24) is 0 Å². The normalized spacial score (nSPS) is 11.4. The molecule has 0 heterocycles. The smallest absolute Gasteiger partial charge is 0.334 e. The highest BCUT2D eigenvalue weighted by Crippen LogP contribution is 2.39. The van der Waals surface area contributed by atoms with E-state index in [0.717, 1.165) is 11.1 Å². The molecule has 0 aromatic heterocycles. The van der Waals surface area contributed by atoms with Crippen molar-refractivity contribution in [2.75, 3.05) is 6.61 Å². The largest absolute Gasteiger partial charge is 0.463 e. The molecule has 0 aliphatic heterocycles. The third-order valence-electron chi connectivity index (χ3n) is 6.86. The molecule has 0 atom stereocenters. The van der Waals surface area contributed by atoms with Crippen LogP contribution in [-0.2, 0) is 16.0 Å². The number of hydrogen-bond donors (Lipinski definition) is 0. The van der Waals surface area contributed by atoms with Crippen molar-refractivity contribution in [1.29, 1.82) is 0 Å². The van der Waals surface area contributed by atoms with Crippen molar-refractivity contribution in [2.45, 2.75) is 20.3 Å². The molecule has 198 valence electrons. The minimum atomic E-state index is -0.800. The predicted molar refractivity (Wildman–Crippen MR) is 170 cm³/mol. The Bertz CT molecular complexity index is 1550. The highest BCUT2D eigenvalue weighted by atomic mass is 31.1. The van der Waals surface area contributed by atoms with Gasteiger partial charge in [0.05, 0.1) is 6.61 Å². The number of esters is 1. The average molecular weight is 541 g/mol. The van der Waals surface area contributed by atoms with E-state index >= 15 is 0 Å². The van der Waals surface area contributed by atoms with Gasteiger partial charge in [-0.15, -0.1) is 0 Å². The number of carbonyl (C=O) groups is 1. The van der Waals surface area contributed by atoms with Crippen molar-refractivity contribution >= 4 is 35.9 Å². The van der Waals surface area contributed by atoms with Gasteiger partial charge in [0.15, 0.2) is 0 Å². The van der Waals surface area contributed by atoms with Gasteiger partial charge in [-0.05, 0) is 71.6 Å². The zero-order valence-corrected chi connectivity index (χ0v) is 23.9. The van der Waals surface area contributed by atoms with E-state index in [1.165, 1.54) is 32.6 Å². The van der Waals surface area contributed by atoms with Gasteiger partial charge >= 0.3 is 5.97 Å². The topological polar surface area (TPSA) is 26.3 Å². The summed E-state index contributed by atoms with van der Waals surface area (Å²) >= 11 is 0. The lowest BCUT2D eigenvalue weighted by Crippen LogP contribution is -2.22. The van der Waals surface area contributed by atoms with E-state index in [2.05, 4.69) is 110 Å². The van der Waals surface area contributed by atoms with Gasteiger partial charge in [0.1, 0.15) is 0 Å². The van der Waals surface area contributed by atoms with Crippen molar-refractivity contribution in [2.24, 2.45) is 0 Å². The van der Waals surface area contributed by atoms with Crippen molar-refractivity contribution < 1.29 is 9.53 Å². The fraction of sp³-hybridized carbons (Fsp3) is 0.108. The number of benzene rings is 5. The molecule has 0 N–H and O–H groups in total. The second-order valence-corrected chi connectivity index (χ2v) is 11.8. The van der Waals surface area contributed by atoms with Crippen LogP contribution in [0, 0.1) is 6.92 Å². The molecular formula is C37H33O2P. The van der Waals surface area contributed by atoms with Gasteiger partial charge in [-0.3, -0.25) is 0 Å². The van der Waals surface area contributed by atoms with Crippen LogP contribution < -0.4 is 15.9 Å². The predicted octanol–water partition coefficient (Wildman–Crippen LogP) is 7.61. The van der Waals surface area contributed by atoms with Crippen LogP contribution in [0.3, 0.4) is 0 Å². The molecule has 0 radical (unpaired) electrons. The Morgan fingerprint density at radius 2 is 1.27 bits per heavy atom. The summed E-state index contributed by atoms with van der Waals surface area (Å²) < 4.78 is 5.50. The standard InChI is InChI=1S/C37H33O2P/c1-3-39-37(38)31(26-29-17-7-4-8-18-29)27-30-19-15-16-28(2)36(30)34-24-13-14-25-35(34)40(32-20-9-5-10-21-32)33-22-11-6-12-23-33/h4-26H,3,27H2,1-2H3/b31-26+. The quantitative estimate of drug-likeness (QED) is 0.109. The second kappa shape index (κ2) is 13.2. The monoisotopic (exact) mass is 540 g/mol. The first-order chi connectivity index (χ1) is 19.7. The van der Waals surface area contributed by atoms with Crippen LogP contribution in [-0.4, -0.2) is 12.6 Å². The first-order valence-electron chi connectivity index (χ1n) is 13.7. The Kier molecular flexibility index (Phi) is 9.01. The first-order valence-corrected chi connectivity index (χ1v) is 15.0. The Labute approximate surface area is 238 Å². The molecular weight excluding hydrogens is 507 g/mol. The molecule has 5 aromatic rings. The third kappa shape index (κ3) is 6.30. The van der Waals surface area contributed by atoms with Crippen LogP contribution >= 0.6 is 7.92 Å². The van der Waals surface area contributed by atoms with E-state index in [0.29, 0.717) is 18.6 Å². The third-order valence-corrected chi connectivity index (χ3v) is 9.36. The van der Waals surface area contributed by atoms with Gasteiger partial charge in [-0.2, -0.15) is 0 Å². The van der Waals surface area contributed by atoms with E-state index in [-0.39, 0.29) is 5.97 Å². The molecule has 0 aliphatic carbocycles. The Morgan fingerprint density at radius 1 is 0.700 bits per heavy atom. The van der Waals surface area contributed by atoms with E-state index in [9.17, 15) is 4.79 Å². The minimum absolute atomic E-state index is 0.275. The maximum atomic E-state index is 13.1. The summed E-state index contributed by atoms with van der Waals surface area (Å²) in [5.41, 5.74) is 6.31. The minimum Gasteiger partial charge on any atom is -0.463 e. The summed E-state index contributed by atoms with van der Waals surface area (Å²) in [6.45, 7) is 4.35. The van der Waals surface area contributed by atoms with Crippen molar-refractivity contribution in [3.63, 3.8) is 0 Å². The number of hydrogen-bond acceptors (Lipinski definition) is 2. The van der Waals surface area contributed by atoms with Gasteiger partial charge in [-0.1, -0.05) is 133 Å². The van der Waals surface area contributed by atoms with Crippen LogP contribution in [0.4, 0.5) is 0 Å². The van der Waals surface area contributed by atoms with E-state index in [4.69, 9.17) is 4.74 Å². The van der Waals surface area contributed by atoms with Crippen LogP contribution in [0.25, 0.3) is 17.2 Å². The molecule has 0 amide bonds. The zero-order chi connectivity index (χ0) is 27.7. The average Bonchev–Trinajstić information content (AvgIpc) is 2.99. The lowest BCUT2D eigenvalue weighted by atomic mass is 9.91. The molecule has 3 heteroatoms. The highest BCUT2D eigenvalue weighted by Gasteiger charge is 2.23. The van der Waals surface area contributed by atoms with E-state index < -0.39 is 7.92 Å². The van der Waals surface area contributed by atoms with Crippen molar-refractivity contribution in [3.8, 4) is 11.1 Å². The number of rotatable bonds is 9. The Hall–Kier alpha value is -4.26. The molecule has 0 saturated carbocycles. The van der Waals surface area contributed by atoms with Gasteiger partial charge in [0.25, 0.3) is 0 Å². The van der Waals surface area contributed by atoms with Crippen LogP contribution in [0.2, 0.25) is 0 Å². The van der Waals surface area contributed by atoms with Crippen LogP contribution in [0.5, 0.6) is 0 Å². The van der Waals surface area contributed by atoms with E-state index in [1.54, 1.807) is 0 Å². The Balaban J connectivity index is 1.66. The SMILES string of the molecule is CCOC(=O)/C(=C/c1ccccc1)Cc1cccc(C)c1-c1ccccc1P(c1ccccc1)c1ccccc1. The van der Waals surface area contributed by atoms with Gasteiger partial charge < -0.3 is 4.74 Å². The van der Waals surface area contributed by atoms with Crippen LogP contribution in [0.15, 0.2) is 139 Å². The summed E-state index contributed by atoms with van der Waals surface area (Å²) in [6.07, 6.45) is 2.44. The fourth-order valence-electron chi connectivity index (χ4n) is 5.08. The molecule has 0 spiro atoms. The molecule has 0 bridgehead atoms. The lowest BCUT2D eigenvalue weighted by Gasteiger charge is -2.24. The molecule has 5 rings (SSSR count). The Morgan fingerprint density at radius 3 is 1.90 bits per heavy atom. The molecule has 0 fully saturated rings. The molecule has 2 nitrogen and oxygen atoms in total. The van der Waals surface area contributed by atoms with Crippen molar-refractivity contribution in [3.05, 3.63) is 156 Å². The number of aryl methyl sites for hydroxylation is 1. The fourth-order valence-corrected chi connectivity index (χ4v) is 7.54. The zero-order valence-electron chi connectivity index (χ0n) is 23.0. The molecule has 5 aromatic carbocycles. The summed E-state index contributed by atoms with van der Waals surface area (Å²) in [5.74, 6) is -0.275. The maximum absolute atomic E-state index is 13.1. The van der Waals surface area contributed by atoms with E-state index in [1.807, 2.05) is 43.3 Å². The second-order valence-electron chi connectivity index (χ2n) is 9.61. The number of ether oxygens (including phenoxy) is 1. The van der Waals surface area contributed by atoms with Gasteiger partial charge in [0.2, 0.25) is 0 Å². The van der Waals surface area contributed by atoms with Gasteiger partial charge in [0, 0.05) is 12.0 Å². The first kappa shape index (κ1) is 27.3. The molecule has 0 saturated heterocycles. The van der Waals surface area contributed by atoms with Crippen LogP contribution in [0.1, 0.15) is 23.6 Å². The number of carbonyl (C=O) groups excluding carboxylic acids is 1. The molecule has 0 unspecified atom stereocenters. The summed E-state index contributed by atoms with van der Waals surface area (Å²) in [6, 6.07) is 46.7. The lowest BCUT2D eigenvalue weighted by molar-refractivity contribution is -0.138.